The van der Waals surface area contributed by atoms with Gasteiger partial charge in [0, 0.05) is 29.3 Å². The lowest BCUT2D eigenvalue weighted by Gasteiger charge is -2.33. The lowest BCUT2D eigenvalue weighted by atomic mass is 9.80. The Labute approximate surface area is 178 Å². The Morgan fingerprint density at radius 3 is 2.32 bits per heavy atom. The van der Waals surface area contributed by atoms with Crippen LogP contribution >= 0.6 is 0 Å². The third kappa shape index (κ3) is 3.61. The maximum atomic E-state index is 13.2. The monoisotopic (exact) mass is 416 g/mol. The fourth-order valence-corrected chi connectivity index (χ4v) is 3.62. The average molecular weight is 416 g/mol. The number of furan rings is 1. The van der Waals surface area contributed by atoms with Crippen LogP contribution in [0.25, 0.3) is 11.0 Å². The first kappa shape index (κ1) is 20.2. The summed E-state index contributed by atoms with van der Waals surface area (Å²) in [6.45, 7) is 1.46. The molecule has 1 unspecified atom stereocenters. The molecule has 0 saturated heterocycles. The van der Waals surface area contributed by atoms with Gasteiger partial charge in [0.1, 0.15) is 5.58 Å². The summed E-state index contributed by atoms with van der Waals surface area (Å²) in [5, 5.41) is 13.4. The van der Waals surface area contributed by atoms with Crippen molar-refractivity contribution in [2.75, 3.05) is 12.4 Å². The van der Waals surface area contributed by atoms with E-state index in [2.05, 4.69) is 10.3 Å². The van der Waals surface area contributed by atoms with E-state index >= 15 is 0 Å². The van der Waals surface area contributed by atoms with E-state index in [1.165, 1.54) is 26.2 Å². The lowest BCUT2D eigenvalue weighted by molar-refractivity contribution is -0.120. The first-order valence-electron chi connectivity index (χ1n) is 9.56. The number of methoxy groups -OCH3 is 1. The minimum Gasteiger partial charge on any atom is -0.481 e. The molecule has 0 amide bonds. The number of pyridine rings is 1. The molecule has 2 N–H and O–H groups in total. The molecular weight excluding hydrogens is 396 g/mol. The summed E-state index contributed by atoms with van der Waals surface area (Å²) in [6.07, 6.45) is 1.56. The largest absolute Gasteiger partial charge is 0.481 e. The number of carbonyl (C=O) groups excluding carboxylic acids is 1. The number of carbonyl (C=O) groups is 2. The molecular formula is C24H20N2O5. The van der Waals surface area contributed by atoms with E-state index in [1.54, 1.807) is 30.5 Å². The van der Waals surface area contributed by atoms with Gasteiger partial charge in [-0.1, -0.05) is 30.3 Å². The average Bonchev–Trinajstić information content (AvgIpc) is 3.20. The number of rotatable bonds is 7. The molecule has 0 bridgehead atoms. The predicted octanol–water partition coefficient (Wildman–Crippen LogP) is 4.48. The van der Waals surface area contributed by atoms with Crippen molar-refractivity contribution in [1.29, 1.82) is 0 Å². The number of Topliss-reactive ketones (excluding diaryl/α,β-unsaturated/α-hetero) is 1. The SMILES string of the molecule is COc1ccc(C(Nc2cc3ccccc3o2)(C(C)=O)c2ccc(C(=O)O)cc2)cn1. The minimum absolute atomic E-state index is 0.123. The molecule has 2 aromatic carbocycles. The zero-order valence-corrected chi connectivity index (χ0v) is 17.0. The fourth-order valence-electron chi connectivity index (χ4n) is 3.62. The second-order valence-corrected chi connectivity index (χ2v) is 7.05. The molecule has 2 aromatic heterocycles. The smallest absolute Gasteiger partial charge is 0.335 e. The van der Waals surface area contributed by atoms with Crippen LogP contribution in [0.1, 0.15) is 28.4 Å². The molecule has 7 nitrogen and oxygen atoms in total. The Balaban J connectivity index is 1.90. The highest BCUT2D eigenvalue weighted by atomic mass is 16.5. The molecule has 4 rings (SSSR count). The Kier molecular flexibility index (Phi) is 5.17. The number of carboxylic acids is 1. The summed E-state index contributed by atoms with van der Waals surface area (Å²) in [5.74, 6) is -0.458. The van der Waals surface area contributed by atoms with Gasteiger partial charge in [0.2, 0.25) is 5.88 Å². The Morgan fingerprint density at radius 2 is 1.74 bits per heavy atom. The van der Waals surface area contributed by atoms with Gasteiger partial charge in [-0.25, -0.2) is 9.78 Å². The van der Waals surface area contributed by atoms with Gasteiger partial charge in [-0.05, 0) is 36.8 Å². The molecule has 4 aromatic rings. The molecule has 0 aliphatic heterocycles. The van der Waals surface area contributed by atoms with Crippen LogP contribution in [0.4, 0.5) is 5.88 Å². The molecule has 31 heavy (non-hydrogen) atoms. The summed E-state index contributed by atoms with van der Waals surface area (Å²) in [6, 6.07) is 18.9. The number of aromatic nitrogens is 1. The number of nitrogens with one attached hydrogen (secondary N) is 1. The van der Waals surface area contributed by atoms with Crippen LogP contribution in [-0.2, 0) is 10.3 Å². The van der Waals surface area contributed by atoms with Gasteiger partial charge in [-0.3, -0.25) is 4.79 Å². The number of aromatic carboxylic acids is 1. The van der Waals surface area contributed by atoms with E-state index in [0.717, 1.165) is 5.39 Å². The topological polar surface area (TPSA) is 102 Å². The van der Waals surface area contributed by atoms with E-state index < -0.39 is 11.5 Å². The third-order valence-electron chi connectivity index (χ3n) is 5.21. The molecule has 0 saturated carbocycles. The molecule has 2 heterocycles. The fraction of sp³-hybridized carbons (Fsp3) is 0.125. The number of hydrogen-bond donors (Lipinski definition) is 2. The highest BCUT2D eigenvalue weighted by molar-refractivity contribution is 5.95. The van der Waals surface area contributed by atoms with Crippen LogP contribution in [0.15, 0.2) is 77.3 Å². The molecule has 0 radical (unpaired) electrons. The summed E-state index contributed by atoms with van der Waals surface area (Å²) in [5.41, 5.74) is 0.556. The minimum atomic E-state index is -1.36. The Morgan fingerprint density at radius 1 is 1.03 bits per heavy atom. The van der Waals surface area contributed by atoms with Crippen LogP contribution in [0, 0.1) is 0 Å². The van der Waals surface area contributed by atoms with Crippen molar-refractivity contribution in [3.05, 3.63) is 89.6 Å². The van der Waals surface area contributed by atoms with Crippen molar-refractivity contribution in [2.24, 2.45) is 0 Å². The Hall–Kier alpha value is -4.13. The second kappa shape index (κ2) is 7.95. The zero-order chi connectivity index (χ0) is 22.0. The van der Waals surface area contributed by atoms with E-state index in [-0.39, 0.29) is 11.3 Å². The van der Waals surface area contributed by atoms with Crippen LogP contribution in [-0.4, -0.2) is 29.0 Å². The number of benzene rings is 2. The first-order chi connectivity index (χ1) is 14.9. The first-order valence-corrected chi connectivity index (χ1v) is 9.56. The van der Waals surface area contributed by atoms with Crippen LogP contribution in [0.3, 0.4) is 0 Å². The van der Waals surface area contributed by atoms with Gasteiger partial charge in [-0.15, -0.1) is 0 Å². The standard InChI is InChI=1S/C24H20N2O5/c1-15(27)24(19-11-12-21(30-2)25-14-19,18-9-7-16(8-10-18)23(28)29)26-22-13-17-5-3-4-6-20(17)31-22/h3-14,26H,1-2H3,(H,28,29). The molecule has 7 heteroatoms. The predicted molar refractivity (Wildman–Crippen MR) is 115 cm³/mol. The summed E-state index contributed by atoms with van der Waals surface area (Å²) in [7, 11) is 1.51. The molecule has 156 valence electrons. The van der Waals surface area contributed by atoms with Crippen molar-refractivity contribution >= 4 is 28.6 Å². The van der Waals surface area contributed by atoms with E-state index in [1.807, 2.05) is 30.3 Å². The molecule has 0 aliphatic carbocycles. The normalized spacial score (nSPS) is 12.8. The quantitative estimate of drug-likeness (QED) is 0.458. The number of ketones is 1. The summed E-state index contributed by atoms with van der Waals surface area (Å²) < 4.78 is 11.1. The number of ether oxygens (including phenoxy) is 1. The number of para-hydroxylation sites is 1. The van der Waals surface area contributed by atoms with Crippen molar-refractivity contribution in [3.8, 4) is 5.88 Å². The summed E-state index contributed by atoms with van der Waals surface area (Å²) in [4.78, 5) is 28.7. The van der Waals surface area contributed by atoms with Crippen molar-refractivity contribution in [3.63, 3.8) is 0 Å². The van der Waals surface area contributed by atoms with Gasteiger partial charge in [0.15, 0.2) is 17.2 Å². The van der Waals surface area contributed by atoms with E-state index in [0.29, 0.717) is 28.5 Å². The lowest BCUT2D eigenvalue weighted by Crippen LogP contribution is -2.43. The molecule has 1 atom stereocenters. The highest BCUT2D eigenvalue weighted by Gasteiger charge is 2.41. The second-order valence-electron chi connectivity index (χ2n) is 7.05. The van der Waals surface area contributed by atoms with Crippen molar-refractivity contribution < 1.29 is 23.8 Å². The molecule has 0 fully saturated rings. The van der Waals surface area contributed by atoms with E-state index in [4.69, 9.17) is 9.15 Å². The third-order valence-corrected chi connectivity index (χ3v) is 5.21. The number of anilines is 1. The van der Waals surface area contributed by atoms with Gasteiger partial charge >= 0.3 is 5.97 Å². The molecule has 0 spiro atoms. The zero-order valence-electron chi connectivity index (χ0n) is 17.0. The summed E-state index contributed by atoms with van der Waals surface area (Å²) >= 11 is 0. The van der Waals surface area contributed by atoms with Crippen molar-refractivity contribution in [2.45, 2.75) is 12.5 Å². The van der Waals surface area contributed by atoms with Crippen LogP contribution in [0.2, 0.25) is 0 Å². The van der Waals surface area contributed by atoms with Crippen LogP contribution < -0.4 is 10.1 Å². The number of hydrogen-bond acceptors (Lipinski definition) is 6. The van der Waals surface area contributed by atoms with Crippen molar-refractivity contribution in [1.82, 2.24) is 4.98 Å². The maximum Gasteiger partial charge on any atom is 0.335 e. The molecule has 0 aliphatic rings. The van der Waals surface area contributed by atoms with E-state index in [9.17, 15) is 14.7 Å². The van der Waals surface area contributed by atoms with Gasteiger partial charge in [0.25, 0.3) is 0 Å². The highest BCUT2D eigenvalue weighted by Crippen LogP contribution is 2.37. The number of nitrogens with zero attached hydrogens (tertiary/aromatic N) is 1. The number of carboxylic acid groups (broad SMARTS) is 1. The van der Waals surface area contributed by atoms with Gasteiger partial charge < -0.3 is 19.6 Å². The number of fused-ring (bicyclic) bond motifs is 1. The van der Waals surface area contributed by atoms with Crippen LogP contribution in [0.5, 0.6) is 5.88 Å². The van der Waals surface area contributed by atoms with Gasteiger partial charge in [-0.2, -0.15) is 0 Å². The Bertz CT molecular complexity index is 1210. The van der Waals surface area contributed by atoms with Gasteiger partial charge in [0.05, 0.1) is 12.7 Å². The maximum absolute atomic E-state index is 13.2.